The van der Waals surface area contributed by atoms with Crippen LogP contribution in [0.25, 0.3) is 11.1 Å². The highest BCUT2D eigenvalue weighted by Gasteiger charge is 2.24. The third-order valence-corrected chi connectivity index (χ3v) is 7.69. The van der Waals surface area contributed by atoms with E-state index < -0.39 is 11.9 Å². The number of carbonyl (C=O) groups is 1. The SMILES string of the molecule is C[C@H](NC(=O)c1ccc2c(c1)CCC[NH+]2Cc1ccc(-c2ccccc2C(O)OC(C)(C)C)cc1)c1ccccc1. The number of aliphatic hydroxyl groups excluding tert-OH is 1. The molecule has 0 saturated heterocycles. The fraction of sp³-hybridized carbons (Fsp3) is 0.306. The molecule has 4 aromatic carbocycles. The quantitative estimate of drug-likeness (QED) is 0.226. The number of hydrogen-bond acceptors (Lipinski definition) is 3. The molecule has 0 fully saturated rings. The highest BCUT2D eigenvalue weighted by molar-refractivity contribution is 5.95. The smallest absolute Gasteiger partial charge is 0.251 e. The van der Waals surface area contributed by atoms with Crippen LogP contribution in [0.15, 0.2) is 97.1 Å². The lowest BCUT2D eigenvalue weighted by molar-refractivity contribution is -0.850. The summed E-state index contributed by atoms with van der Waals surface area (Å²) in [5.74, 6) is -0.0369. The number of hydrogen-bond donors (Lipinski definition) is 3. The largest absolute Gasteiger partial charge is 0.364 e. The van der Waals surface area contributed by atoms with Crippen LogP contribution >= 0.6 is 0 Å². The van der Waals surface area contributed by atoms with Gasteiger partial charge in [0.25, 0.3) is 5.91 Å². The van der Waals surface area contributed by atoms with E-state index in [1.54, 1.807) is 0 Å². The van der Waals surface area contributed by atoms with Crippen LogP contribution < -0.4 is 10.2 Å². The predicted molar refractivity (Wildman–Crippen MR) is 164 cm³/mol. The number of ether oxygens (including phenoxy) is 1. The number of aryl methyl sites for hydroxylation is 1. The predicted octanol–water partition coefficient (Wildman–Crippen LogP) is 6.31. The molecule has 0 aliphatic carbocycles. The van der Waals surface area contributed by atoms with Crippen molar-refractivity contribution < 1.29 is 19.5 Å². The van der Waals surface area contributed by atoms with E-state index >= 15 is 0 Å². The second-order valence-electron chi connectivity index (χ2n) is 12.0. The first-order valence-electron chi connectivity index (χ1n) is 14.6. The number of amides is 1. The van der Waals surface area contributed by atoms with Gasteiger partial charge in [-0.3, -0.25) is 9.69 Å². The maximum atomic E-state index is 13.0. The third-order valence-electron chi connectivity index (χ3n) is 7.69. The van der Waals surface area contributed by atoms with Crippen molar-refractivity contribution in [1.82, 2.24) is 5.32 Å². The topological polar surface area (TPSA) is 63.0 Å². The van der Waals surface area contributed by atoms with Crippen molar-refractivity contribution in [2.75, 3.05) is 6.54 Å². The molecule has 1 amide bonds. The highest BCUT2D eigenvalue weighted by Crippen LogP contribution is 2.31. The van der Waals surface area contributed by atoms with Crippen LogP contribution in [0.4, 0.5) is 5.69 Å². The van der Waals surface area contributed by atoms with Gasteiger partial charge in [-0.05, 0) is 62.9 Å². The first kappa shape index (κ1) is 28.7. The molecule has 212 valence electrons. The average molecular weight is 550 g/mol. The van der Waals surface area contributed by atoms with Gasteiger partial charge in [0.15, 0.2) is 6.29 Å². The first-order chi connectivity index (χ1) is 19.7. The second kappa shape index (κ2) is 12.4. The Balaban J connectivity index is 1.28. The normalized spacial score (nSPS) is 16.5. The monoisotopic (exact) mass is 549 g/mol. The Morgan fingerprint density at radius 1 is 0.951 bits per heavy atom. The molecule has 0 aromatic heterocycles. The van der Waals surface area contributed by atoms with Gasteiger partial charge < -0.3 is 15.2 Å². The van der Waals surface area contributed by atoms with Crippen molar-refractivity contribution in [1.29, 1.82) is 0 Å². The van der Waals surface area contributed by atoms with E-state index in [4.69, 9.17) is 4.74 Å². The lowest BCUT2D eigenvalue weighted by Gasteiger charge is -2.27. The molecule has 0 saturated carbocycles. The minimum atomic E-state index is -0.992. The van der Waals surface area contributed by atoms with Crippen molar-refractivity contribution in [2.24, 2.45) is 0 Å². The Kier molecular flexibility index (Phi) is 8.69. The average Bonchev–Trinajstić information content (AvgIpc) is 2.97. The molecule has 3 atom stereocenters. The summed E-state index contributed by atoms with van der Waals surface area (Å²) < 4.78 is 5.83. The lowest BCUT2D eigenvalue weighted by Crippen LogP contribution is -3.06. The van der Waals surface area contributed by atoms with Gasteiger partial charge in [0.05, 0.1) is 18.2 Å². The van der Waals surface area contributed by atoms with E-state index in [9.17, 15) is 9.90 Å². The number of quaternary nitrogens is 1. The van der Waals surface area contributed by atoms with Gasteiger partial charge in [-0.1, -0.05) is 78.9 Å². The second-order valence-corrected chi connectivity index (χ2v) is 12.0. The van der Waals surface area contributed by atoms with Gasteiger partial charge in [-0.25, -0.2) is 0 Å². The molecule has 1 aliphatic heterocycles. The van der Waals surface area contributed by atoms with Crippen molar-refractivity contribution in [3.8, 4) is 11.1 Å². The number of nitrogens with one attached hydrogen (secondary N) is 2. The van der Waals surface area contributed by atoms with E-state index in [0.717, 1.165) is 48.2 Å². The van der Waals surface area contributed by atoms with Gasteiger partial charge in [0.1, 0.15) is 12.2 Å². The summed E-state index contributed by atoms with van der Waals surface area (Å²) in [6.45, 7) is 9.78. The van der Waals surface area contributed by atoms with E-state index in [-0.39, 0.29) is 11.9 Å². The summed E-state index contributed by atoms with van der Waals surface area (Å²) in [4.78, 5) is 14.4. The molecule has 4 aromatic rings. The Morgan fingerprint density at radius 3 is 2.39 bits per heavy atom. The lowest BCUT2D eigenvalue weighted by atomic mass is 9.96. The first-order valence-corrected chi connectivity index (χ1v) is 14.6. The summed E-state index contributed by atoms with van der Waals surface area (Å²) in [6.07, 6.45) is 1.09. The van der Waals surface area contributed by atoms with Gasteiger partial charge in [-0.15, -0.1) is 0 Å². The van der Waals surface area contributed by atoms with Crippen molar-refractivity contribution in [3.63, 3.8) is 0 Å². The third kappa shape index (κ3) is 7.12. The Bertz CT molecular complexity index is 1480. The van der Waals surface area contributed by atoms with Crippen LogP contribution in [0, 0.1) is 0 Å². The van der Waals surface area contributed by atoms with Crippen LogP contribution in [0.1, 0.15) is 79.1 Å². The summed E-state index contributed by atoms with van der Waals surface area (Å²) in [7, 11) is 0. The molecule has 5 nitrogen and oxygen atoms in total. The van der Waals surface area contributed by atoms with E-state index in [2.05, 4.69) is 41.7 Å². The van der Waals surface area contributed by atoms with Crippen LogP contribution in [-0.4, -0.2) is 23.2 Å². The molecule has 0 spiro atoms. The Morgan fingerprint density at radius 2 is 1.66 bits per heavy atom. The zero-order chi connectivity index (χ0) is 29.0. The summed E-state index contributed by atoms with van der Waals surface area (Å²) >= 11 is 0. The minimum absolute atomic E-state index is 0.0369. The van der Waals surface area contributed by atoms with E-state index in [1.807, 2.05) is 88.4 Å². The standard InChI is InChI=1S/C36H40N2O3/c1-25(27-11-6-5-7-12-27)37-34(39)30-20-21-33-29(23-30)13-10-22-38(33)24-26-16-18-28(19-17-26)31-14-8-9-15-32(31)35(40)41-36(2,3)4/h5-9,11-12,14-21,23,25,35,40H,10,13,22,24H2,1-4H3,(H,37,39)/p+1/t25-,35?/m0/s1. The van der Waals surface area contributed by atoms with Gasteiger partial charge in [-0.2, -0.15) is 0 Å². The summed E-state index contributed by atoms with van der Waals surface area (Å²) in [6, 6.07) is 32.6. The fourth-order valence-electron chi connectivity index (χ4n) is 5.62. The molecule has 1 heterocycles. The van der Waals surface area contributed by atoms with E-state index in [1.165, 1.54) is 21.7 Å². The summed E-state index contributed by atoms with van der Waals surface area (Å²) in [5.41, 5.74) is 7.93. The maximum absolute atomic E-state index is 13.0. The molecule has 2 unspecified atom stereocenters. The fourth-order valence-corrected chi connectivity index (χ4v) is 5.62. The zero-order valence-electron chi connectivity index (χ0n) is 24.5. The molecule has 0 radical (unpaired) electrons. The van der Waals surface area contributed by atoms with Gasteiger partial charge in [0, 0.05) is 34.7 Å². The van der Waals surface area contributed by atoms with Crippen molar-refractivity contribution in [2.45, 2.75) is 65.0 Å². The van der Waals surface area contributed by atoms with Crippen LogP contribution in [0.5, 0.6) is 0 Å². The van der Waals surface area contributed by atoms with E-state index in [0.29, 0.717) is 5.56 Å². The molecular weight excluding hydrogens is 508 g/mol. The summed E-state index contributed by atoms with van der Waals surface area (Å²) in [5, 5.41) is 13.9. The van der Waals surface area contributed by atoms with Crippen molar-refractivity contribution in [3.05, 3.63) is 125 Å². The zero-order valence-corrected chi connectivity index (χ0v) is 24.5. The molecule has 1 aliphatic rings. The Hall–Kier alpha value is -3.77. The van der Waals surface area contributed by atoms with Crippen LogP contribution in [-0.2, 0) is 17.7 Å². The van der Waals surface area contributed by atoms with Crippen LogP contribution in [0.3, 0.4) is 0 Å². The molecule has 3 N–H and O–H groups in total. The van der Waals surface area contributed by atoms with Gasteiger partial charge >= 0.3 is 0 Å². The maximum Gasteiger partial charge on any atom is 0.251 e. The molecule has 5 heteroatoms. The van der Waals surface area contributed by atoms with Crippen LogP contribution in [0.2, 0.25) is 0 Å². The highest BCUT2D eigenvalue weighted by atomic mass is 16.6. The molecular formula is C36H41N2O3+. The number of aliphatic hydroxyl groups is 1. The number of carbonyl (C=O) groups excluding carboxylic acids is 1. The molecule has 0 bridgehead atoms. The number of fused-ring (bicyclic) bond motifs is 1. The minimum Gasteiger partial charge on any atom is -0.364 e. The molecule has 5 rings (SSSR count). The molecule has 41 heavy (non-hydrogen) atoms. The van der Waals surface area contributed by atoms with Gasteiger partial charge in [0.2, 0.25) is 0 Å². The number of rotatable bonds is 8. The van der Waals surface area contributed by atoms with Crippen molar-refractivity contribution >= 4 is 11.6 Å². The number of benzene rings is 4. The Labute approximate surface area is 243 Å².